The van der Waals surface area contributed by atoms with E-state index in [0.717, 1.165) is 17.0 Å². The number of amides is 2. The number of nitrogens with one attached hydrogen (secondary N) is 1. The maximum atomic E-state index is 13.2. The molecule has 1 aromatic rings. The van der Waals surface area contributed by atoms with Crippen molar-refractivity contribution in [3.63, 3.8) is 0 Å². The Balaban J connectivity index is 2.13. The molecule has 1 N–H and O–H groups in total. The number of anilines is 1. The van der Waals surface area contributed by atoms with E-state index < -0.39 is 23.4 Å². The van der Waals surface area contributed by atoms with Gasteiger partial charge < -0.3 is 10.1 Å². The number of rotatable bonds is 5. The first-order valence-corrected chi connectivity index (χ1v) is 5.96. The summed E-state index contributed by atoms with van der Waals surface area (Å²) in [7, 11) is 1.49. The van der Waals surface area contributed by atoms with Gasteiger partial charge in [0.05, 0.1) is 17.9 Å². The second-order valence-electron chi connectivity index (χ2n) is 4.22. The first kappa shape index (κ1) is 14.1. The normalized spacial score (nSPS) is 13.6. The van der Waals surface area contributed by atoms with Gasteiger partial charge in [-0.3, -0.25) is 19.3 Å². The van der Waals surface area contributed by atoms with Gasteiger partial charge >= 0.3 is 0 Å². The summed E-state index contributed by atoms with van der Waals surface area (Å²) < 4.78 is 18.0. The van der Waals surface area contributed by atoms with Crippen LogP contribution in [0.4, 0.5) is 10.1 Å². The summed E-state index contributed by atoms with van der Waals surface area (Å²) in [6.07, 6.45) is 0. The van der Waals surface area contributed by atoms with Crippen LogP contribution in [0.25, 0.3) is 0 Å². The molecule has 0 unspecified atom stereocenters. The van der Waals surface area contributed by atoms with Crippen LogP contribution in [0, 0.1) is 5.82 Å². The van der Waals surface area contributed by atoms with Crippen LogP contribution < -0.4 is 10.2 Å². The Morgan fingerprint density at radius 1 is 1.40 bits per heavy atom. The molecule has 0 bridgehead atoms. The Bertz CT molecular complexity index is 573. The smallest absolute Gasteiger partial charge is 0.299 e. The lowest BCUT2D eigenvalue weighted by Crippen LogP contribution is -2.41. The van der Waals surface area contributed by atoms with Crippen LogP contribution >= 0.6 is 0 Å². The van der Waals surface area contributed by atoms with Crippen molar-refractivity contribution in [1.82, 2.24) is 5.32 Å². The summed E-state index contributed by atoms with van der Waals surface area (Å²) in [5.41, 5.74) is 0.239. The highest BCUT2D eigenvalue weighted by Gasteiger charge is 2.36. The fraction of sp³-hybridized carbons (Fsp3) is 0.308. The number of ether oxygens (including phenoxy) is 1. The molecule has 1 aliphatic heterocycles. The van der Waals surface area contributed by atoms with Crippen molar-refractivity contribution in [1.29, 1.82) is 0 Å². The molecule has 0 radical (unpaired) electrons. The zero-order valence-electron chi connectivity index (χ0n) is 10.8. The number of benzene rings is 1. The van der Waals surface area contributed by atoms with E-state index in [4.69, 9.17) is 4.74 Å². The van der Waals surface area contributed by atoms with Gasteiger partial charge in [0.2, 0.25) is 5.91 Å². The Morgan fingerprint density at radius 3 is 2.85 bits per heavy atom. The molecule has 0 saturated carbocycles. The Labute approximate surface area is 114 Å². The average molecular weight is 280 g/mol. The fourth-order valence-electron chi connectivity index (χ4n) is 1.92. The number of hydrogen-bond donors (Lipinski definition) is 1. The molecule has 1 aromatic carbocycles. The highest BCUT2D eigenvalue weighted by atomic mass is 19.1. The van der Waals surface area contributed by atoms with E-state index in [2.05, 4.69) is 5.32 Å². The summed E-state index contributed by atoms with van der Waals surface area (Å²) >= 11 is 0. The van der Waals surface area contributed by atoms with Gasteiger partial charge in [0, 0.05) is 13.7 Å². The van der Waals surface area contributed by atoms with Crippen LogP contribution in [0.15, 0.2) is 18.2 Å². The summed E-state index contributed by atoms with van der Waals surface area (Å²) in [6.45, 7) is 0.301. The highest BCUT2D eigenvalue weighted by molar-refractivity contribution is 6.52. The van der Waals surface area contributed by atoms with Gasteiger partial charge in [0.15, 0.2) is 0 Å². The average Bonchev–Trinajstić information content (AvgIpc) is 2.64. The van der Waals surface area contributed by atoms with Crippen molar-refractivity contribution in [2.24, 2.45) is 0 Å². The van der Waals surface area contributed by atoms with E-state index in [-0.39, 0.29) is 17.8 Å². The van der Waals surface area contributed by atoms with Crippen molar-refractivity contribution < 1.29 is 23.5 Å². The van der Waals surface area contributed by atoms with E-state index in [0.29, 0.717) is 13.2 Å². The number of methoxy groups -OCH3 is 1. The number of nitrogens with zero attached hydrogens (tertiary/aromatic N) is 1. The fourth-order valence-corrected chi connectivity index (χ4v) is 1.92. The van der Waals surface area contributed by atoms with Crippen molar-refractivity contribution >= 4 is 23.3 Å². The molecule has 0 aromatic heterocycles. The van der Waals surface area contributed by atoms with Gasteiger partial charge in [-0.05, 0) is 18.2 Å². The molecule has 2 amide bonds. The standard InChI is InChI=1S/C13H13FN2O4/c1-20-5-4-15-11(17)7-16-10-6-8(14)2-3-9(10)12(18)13(16)19/h2-3,6H,4-5,7H2,1H3,(H,15,17). The summed E-state index contributed by atoms with van der Waals surface area (Å²) in [4.78, 5) is 36.1. The molecule has 0 saturated heterocycles. The third kappa shape index (κ3) is 2.67. The Morgan fingerprint density at radius 2 is 2.15 bits per heavy atom. The SMILES string of the molecule is COCCNC(=O)CN1C(=O)C(=O)c2ccc(F)cc21. The van der Waals surface area contributed by atoms with E-state index in [1.807, 2.05) is 0 Å². The Kier molecular flexibility index (Phi) is 4.09. The van der Waals surface area contributed by atoms with Gasteiger partial charge in [-0.15, -0.1) is 0 Å². The van der Waals surface area contributed by atoms with E-state index in [1.165, 1.54) is 13.2 Å². The number of Topliss-reactive ketones (excluding diaryl/α,β-unsaturated/α-hetero) is 1. The zero-order chi connectivity index (χ0) is 14.7. The largest absolute Gasteiger partial charge is 0.383 e. The molecule has 0 fully saturated rings. The third-order valence-corrected chi connectivity index (χ3v) is 2.86. The highest BCUT2D eigenvalue weighted by Crippen LogP contribution is 2.29. The number of carbonyl (C=O) groups excluding carboxylic acids is 3. The van der Waals surface area contributed by atoms with Gasteiger partial charge in [-0.2, -0.15) is 0 Å². The first-order valence-electron chi connectivity index (χ1n) is 5.96. The maximum absolute atomic E-state index is 13.2. The summed E-state index contributed by atoms with van der Waals surface area (Å²) in [5.74, 6) is -2.58. The molecule has 0 spiro atoms. The molecule has 20 heavy (non-hydrogen) atoms. The number of hydrogen-bond acceptors (Lipinski definition) is 4. The molecule has 2 rings (SSSR count). The van der Waals surface area contributed by atoms with E-state index in [1.54, 1.807) is 0 Å². The lowest BCUT2D eigenvalue weighted by molar-refractivity contribution is -0.122. The molecule has 0 atom stereocenters. The first-order chi connectivity index (χ1) is 9.54. The van der Waals surface area contributed by atoms with Crippen LogP contribution in [0.2, 0.25) is 0 Å². The zero-order valence-corrected chi connectivity index (χ0v) is 10.8. The van der Waals surface area contributed by atoms with Crippen LogP contribution in [-0.2, 0) is 14.3 Å². The molecule has 1 aliphatic rings. The van der Waals surface area contributed by atoms with Crippen LogP contribution in [0.1, 0.15) is 10.4 Å². The summed E-state index contributed by atoms with van der Waals surface area (Å²) in [6, 6.07) is 3.42. The van der Waals surface area contributed by atoms with Crippen molar-refractivity contribution in [2.45, 2.75) is 0 Å². The molecular weight excluding hydrogens is 267 g/mol. The van der Waals surface area contributed by atoms with Gasteiger partial charge in [0.1, 0.15) is 12.4 Å². The number of carbonyl (C=O) groups is 3. The topological polar surface area (TPSA) is 75.7 Å². The van der Waals surface area contributed by atoms with Gasteiger partial charge in [0.25, 0.3) is 11.7 Å². The predicted molar refractivity (Wildman–Crippen MR) is 68.0 cm³/mol. The molecule has 7 heteroatoms. The van der Waals surface area contributed by atoms with Crippen LogP contribution in [0.5, 0.6) is 0 Å². The van der Waals surface area contributed by atoms with Crippen LogP contribution in [0.3, 0.4) is 0 Å². The minimum Gasteiger partial charge on any atom is -0.383 e. The number of ketones is 1. The number of halogens is 1. The van der Waals surface area contributed by atoms with Crippen molar-refractivity contribution in [3.05, 3.63) is 29.6 Å². The number of fused-ring (bicyclic) bond motifs is 1. The quantitative estimate of drug-likeness (QED) is 0.614. The monoisotopic (exact) mass is 280 g/mol. The minimum absolute atomic E-state index is 0.112. The van der Waals surface area contributed by atoms with Crippen molar-refractivity contribution in [2.75, 3.05) is 31.7 Å². The summed E-state index contributed by atoms with van der Waals surface area (Å²) in [5, 5.41) is 2.53. The van der Waals surface area contributed by atoms with Gasteiger partial charge in [-0.1, -0.05) is 0 Å². The lowest BCUT2D eigenvalue weighted by atomic mass is 10.1. The second kappa shape index (κ2) is 5.79. The van der Waals surface area contributed by atoms with E-state index >= 15 is 0 Å². The van der Waals surface area contributed by atoms with E-state index in [9.17, 15) is 18.8 Å². The lowest BCUT2D eigenvalue weighted by Gasteiger charge is -2.16. The molecular formula is C13H13FN2O4. The minimum atomic E-state index is -0.826. The van der Waals surface area contributed by atoms with Crippen molar-refractivity contribution in [3.8, 4) is 0 Å². The van der Waals surface area contributed by atoms with Crippen LogP contribution in [-0.4, -0.2) is 44.4 Å². The van der Waals surface area contributed by atoms with Gasteiger partial charge in [-0.25, -0.2) is 4.39 Å². The second-order valence-corrected chi connectivity index (χ2v) is 4.22. The third-order valence-electron chi connectivity index (χ3n) is 2.86. The predicted octanol–water partition coefficient (Wildman–Crippen LogP) is 0.118. The maximum Gasteiger partial charge on any atom is 0.299 e. The molecule has 0 aliphatic carbocycles. The molecule has 6 nitrogen and oxygen atoms in total. The Hall–Kier alpha value is -2.28. The molecule has 1 heterocycles. The molecule has 106 valence electrons.